The average Bonchev–Trinajstić information content (AvgIpc) is 3.96. The first kappa shape index (κ1) is 34.3. The Morgan fingerprint density at radius 2 is 1.03 bits per heavy atom. The highest BCUT2D eigenvalue weighted by atomic mass is 32.1. The Morgan fingerprint density at radius 1 is 0.517 bits per heavy atom. The zero-order chi connectivity index (χ0) is 38.7. The summed E-state index contributed by atoms with van der Waals surface area (Å²) < 4.78 is 6.23. The van der Waals surface area contributed by atoms with Crippen LogP contribution in [0.5, 0.6) is 0 Å². The van der Waals surface area contributed by atoms with Crippen molar-refractivity contribution < 1.29 is 0 Å². The van der Waals surface area contributed by atoms with Gasteiger partial charge in [0.05, 0.1) is 11.0 Å². The lowest BCUT2D eigenvalue weighted by atomic mass is 9.98. The maximum absolute atomic E-state index is 5.01. The molecule has 0 unspecified atom stereocenters. The second-order valence-electron chi connectivity index (χ2n) is 14.4. The summed E-state index contributed by atoms with van der Waals surface area (Å²) in [5.74, 6) is 1.94. The van der Waals surface area contributed by atoms with Crippen LogP contribution in [0, 0.1) is 0 Å². The minimum Gasteiger partial charge on any atom is -0.309 e. The third kappa shape index (κ3) is 5.52. The van der Waals surface area contributed by atoms with Gasteiger partial charge in [-0.15, -0.1) is 22.7 Å². The van der Waals surface area contributed by atoms with Crippen molar-refractivity contribution in [3.63, 3.8) is 0 Å². The monoisotopic (exact) mass is 778 g/mol. The van der Waals surface area contributed by atoms with E-state index in [4.69, 9.17) is 15.0 Å². The molecule has 11 aromatic rings. The fourth-order valence-electron chi connectivity index (χ4n) is 8.35. The topological polar surface area (TPSA) is 43.6 Å². The molecule has 0 saturated carbocycles. The predicted octanol–water partition coefficient (Wildman–Crippen LogP) is 14.9. The molecule has 0 bridgehead atoms. The van der Waals surface area contributed by atoms with Crippen LogP contribution in [0.15, 0.2) is 170 Å². The Kier molecular flexibility index (Phi) is 8.21. The molecule has 4 heterocycles. The molecule has 0 atom stereocenters. The van der Waals surface area contributed by atoms with Crippen LogP contribution < -0.4 is 0 Å². The van der Waals surface area contributed by atoms with Crippen molar-refractivity contribution in [1.82, 2.24) is 19.5 Å². The fourth-order valence-corrected chi connectivity index (χ4v) is 10.6. The molecule has 7 aromatic carbocycles. The average molecular weight is 779 g/mol. The van der Waals surface area contributed by atoms with Gasteiger partial charge in [-0.3, -0.25) is 0 Å². The lowest BCUT2D eigenvalue weighted by molar-refractivity contribution is 1.07. The third-order valence-corrected chi connectivity index (χ3v) is 13.3. The number of nitrogens with zero attached hydrogens (tertiary/aromatic N) is 4. The van der Waals surface area contributed by atoms with E-state index in [1.807, 2.05) is 89.4 Å². The van der Waals surface area contributed by atoms with Crippen LogP contribution in [0.1, 0.15) is 17.4 Å². The van der Waals surface area contributed by atoms with Gasteiger partial charge in [0.15, 0.2) is 17.5 Å². The molecular weight excluding hydrogens is 745 g/mol. The van der Waals surface area contributed by atoms with Crippen LogP contribution in [0.3, 0.4) is 0 Å². The highest BCUT2D eigenvalue weighted by Crippen LogP contribution is 2.48. The largest absolute Gasteiger partial charge is 0.309 e. The van der Waals surface area contributed by atoms with Crippen molar-refractivity contribution in [2.24, 2.45) is 0 Å². The van der Waals surface area contributed by atoms with Crippen molar-refractivity contribution in [3.8, 4) is 51.0 Å². The number of rotatable bonds is 7. The molecule has 0 amide bonds. The summed E-state index contributed by atoms with van der Waals surface area (Å²) in [6.07, 6.45) is 6.37. The maximum Gasteiger partial charge on any atom is 0.164 e. The van der Waals surface area contributed by atoms with Gasteiger partial charge >= 0.3 is 0 Å². The van der Waals surface area contributed by atoms with E-state index in [-0.39, 0.29) is 0 Å². The first-order valence-corrected chi connectivity index (χ1v) is 21.0. The third-order valence-electron chi connectivity index (χ3n) is 10.9. The van der Waals surface area contributed by atoms with Crippen LogP contribution in [-0.2, 0) is 0 Å². The van der Waals surface area contributed by atoms with E-state index in [1.165, 1.54) is 68.1 Å². The van der Waals surface area contributed by atoms with Gasteiger partial charge < -0.3 is 4.57 Å². The van der Waals surface area contributed by atoms with E-state index >= 15 is 0 Å². The van der Waals surface area contributed by atoms with Crippen molar-refractivity contribution in [3.05, 3.63) is 181 Å². The molecule has 0 fully saturated rings. The number of hydrogen-bond acceptors (Lipinski definition) is 5. The minimum absolute atomic E-state index is 0.639. The standard InChI is InChI=1S/C52H34N4S2/c1-3-15-39-44(4-2)57-45-28-29-46-48(47(39)45)41-31-36(56-42-22-13-11-20-37(42)38-21-12-14-23-43(38)56)30-40(49(41)58-46)32-24-26-35(27-25-32)52-54-50(33-16-7-5-8-17-33)53-51(55-52)34-18-9-6-10-19-34/h3-31H,2H2,1H3/b15-3-. The SMILES string of the molecule is C=Cc1sc2ccc3sc4c(-c5ccc(-c6nc(-c7ccccc7)nc(-c7ccccc7)n6)cc5)cc(-n5c6ccccc6c6ccccc65)cc4c3c2c1/C=C\C. The van der Waals surface area contributed by atoms with Gasteiger partial charge in [-0.25, -0.2) is 15.0 Å². The summed E-state index contributed by atoms with van der Waals surface area (Å²) in [4.78, 5) is 16.1. The molecule has 274 valence electrons. The zero-order valence-corrected chi connectivity index (χ0v) is 33.2. The molecule has 4 nitrogen and oxygen atoms in total. The number of thiophene rings is 2. The van der Waals surface area contributed by atoms with Gasteiger partial charge in [0.25, 0.3) is 0 Å². The summed E-state index contributed by atoms with van der Waals surface area (Å²) in [5, 5.41) is 6.32. The fraction of sp³-hybridized carbons (Fsp3) is 0.0192. The van der Waals surface area contributed by atoms with Gasteiger partial charge in [0.1, 0.15) is 0 Å². The highest BCUT2D eigenvalue weighted by molar-refractivity contribution is 7.27. The molecule has 58 heavy (non-hydrogen) atoms. The lowest BCUT2D eigenvalue weighted by Crippen LogP contribution is -2.00. The molecule has 0 N–H and O–H groups in total. The van der Waals surface area contributed by atoms with Gasteiger partial charge in [-0.05, 0) is 48.9 Å². The van der Waals surface area contributed by atoms with Crippen LogP contribution in [0.2, 0.25) is 0 Å². The second kappa shape index (κ2) is 13.9. The van der Waals surface area contributed by atoms with Gasteiger partial charge in [0, 0.05) is 79.4 Å². The number of aromatic nitrogens is 4. The van der Waals surface area contributed by atoms with E-state index in [2.05, 4.69) is 127 Å². The summed E-state index contributed by atoms with van der Waals surface area (Å²) in [6.45, 7) is 6.28. The summed E-state index contributed by atoms with van der Waals surface area (Å²) in [7, 11) is 0. The molecule has 0 aliphatic rings. The molecule has 0 spiro atoms. The van der Waals surface area contributed by atoms with Crippen molar-refractivity contribution in [2.45, 2.75) is 6.92 Å². The van der Waals surface area contributed by atoms with Gasteiger partial charge in [-0.1, -0.05) is 146 Å². The normalized spacial score (nSPS) is 11.9. The number of hydrogen-bond donors (Lipinski definition) is 0. The molecular formula is C52H34N4S2. The maximum atomic E-state index is 5.01. The second-order valence-corrected chi connectivity index (χ2v) is 16.5. The Morgan fingerprint density at radius 3 is 1.60 bits per heavy atom. The van der Waals surface area contributed by atoms with Crippen LogP contribution in [0.4, 0.5) is 0 Å². The van der Waals surface area contributed by atoms with Crippen LogP contribution in [-0.4, -0.2) is 19.5 Å². The highest BCUT2D eigenvalue weighted by Gasteiger charge is 2.21. The summed E-state index contributed by atoms with van der Waals surface area (Å²) >= 11 is 3.68. The predicted molar refractivity (Wildman–Crippen MR) is 249 cm³/mol. The smallest absolute Gasteiger partial charge is 0.164 e. The molecule has 0 saturated heterocycles. The van der Waals surface area contributed by atoms with E-state index in [9.17, 15) is 0 Å². The first-order chi connectivity index (χ1) is 28.7. The minimum atomic E-state index is 0.639. The van der Waals surface area contributed by atoms with E-state index in [0.29, 0.717) is 17.5 Å². The Balaban J connectivity index is 1.16. The number of para-hydroxylation sites is 2. The molecule has 11 rings (SSSR count). The summed E-state index contributed by atoms with van der Waals surface area (Å²) in [5.41, 5.74) is 9.89. The van der Waals surface area contributed by atoms with Crippen molar-refractivity contribution >= 4 is 86.9 Å². The zero-order valence-electron chi connectivity index (χ0n) is 31.6. The molecule has 0 aliphatic carbocycles. The Labute approximate surface area is 343 Å². The van der Waals surface area contributed by atoms with E-state index < -0.39 is 0 Å². The number of benzene rings is 7. The van der Waals surface area contributed by atoms with Gasteiger partial charge in [0.2, 0.25) is 0 Å². The number of fused-ring (bicyclic) bond motifs is 8. The van der Waals surface area contributed by atoms with E-state index in [0.717, 1.165) is 27.9 Å². The molecule has 6 heteroatoms. The molecule has 4 aromatic heterocycles. The van der Waals surface area contributed by atoms with Gasteiger partial charge in [-0.2, -0.15) is 0 Å². The summed E-state index contributed by atoms with van der Waals surface area (Å²) in [6, 6.07) is 55.8. The lowest BCUT2D eigenvalue weighted by Gasteiger charge is -2.13. The van der Waals surface area contributed by atoms with Crippen LogP contribution in [0.25, 0.3) is 115 Å². The molecule has 0 aliphatic heterocycles. The quantitative estimate of drug-likeness (QED) is 0.162. The Hall–Kier alpha value is -6.99. The van der Waals surface area contributed by atoms with E-state index in [1.54, 1.807) is 0 Å². The van der Waals surface area contributed by atoms with Crippen molar-refractivity contribution in [2.75, 3.05) is 0 Å². The van der Waals surface area contributed by atoms with Crippen LogP contribution >= 0.6 is 22.7 Å². The Bertz CT molecular complexity index is 3300. The van der Waals surface area contributed by atoms with Crippen molar-refractivity contribution in [1.29, 1.82) is 0 Å². The number of allylic oxidation sites excluding steroid dienone is 1. The molecule has 0 radical (unpaired) electrons. The first-order valence-electron chi connectivity index (χ1n) is 19.3.